The van der Waals surface area contributed by atoms with E-state index in [1.54, 1.807) is 38.1 Å². The van der Waals surface area contributed by atoms with Crippen LogP contribution in [0.15, 0.2) is 72.8 Å². The number of carbonyl (C=O) groups excluding carboxylic acids is 1. The molecule has 4 aromatic carbocycles. The van der Waals surface area contributed by atoms with Gasteiger partial charge in [0.2, 0.25) is 0 Å². The molecule has 2 aliphatic rings. The third kappa shape index (κ3) is 6.08. The lowest BCUT2D eigenvalue weighted by Gasteiger charge is -2.34. The van der Waals surface area contributed by atoms with Crippen LogP contribution in [-0.4, -0.2) is 11.3 Å². The highest BCUT2D eigenvalue weighted by Gasteiger charge is 2.34. The molecular formula is C32H26F4N2O3S. The molecule has 6 rings (SSSR count). The summed E-state index contributed by atoms with van der Waals surface area (Å²) in [4.78, 5) is 11.5. The Morgan fingerprint density at radius 1 is 0.571 bits per heavy atom. The zero-order chi connectivity index (χ0) is 30.4. The lowest BCUT2D eigenvalue weighted by molar-refractivity contribution is 0.0421. The maximum absolute atomic E-state index is 13.4. The number of thiocarbonyl (C=S) groups is 1. The van der Waals surface area contributed by atoms with Gasteiger partial charge in [-0.3, -0.25) is 5.32 Å². The van der Waals surface area contributed by atoms with Crippen molar-refractivity contribution in [2.75, 3.05) is 10.6 Å². The second-order valence-electron chi connectivity index (χ2n) is 10.9. The average Bonchev–Trinajstić information content (AvgIpc) is 2.86. The van der Waals surface area contributed by atoms with Gasteiger partial charge in [0.1, 0.15) is 34.5 Å². The van der Waals surface area contributed by atoms with Crippen molar-refractivity contribution in [1.82, 2.24) is 0 Å². The molecular weight excluding hydrogens is 568 g/mol. The molecule has 10 heteroatoms. The van der Waals surface area contributed by atoms with Crippen LogP contribution in [0.3, 0.4) is 0 Å². The Hall–Kier alpha value is -4.44. The third-order valence-electron chi connectivity index (χ3n) is 6.90. The molecule has 0 radical (unpaired) electrons. The number of fused-ring (bicyclic) bond motifs is 2. The molecule has 0 saturated heterocycles. The van der Waals surface area contributed by atoms with Crippen LogP contribution in [-0.2, 0) is 20.7 Å². The highest BCUT2D eigenvalue weighted by molar-refractivity contribution is 7.80. The molecule has 0 unspecified atom stereocenters. The van der Waals surface area contributed by atoms with Crippen molar-refractivity contribution in [1.29, 1.82) is 0 Å². The molecule has 4 aromatic rings. The molecule has 0 saturated carbocycles. The topological polar surface area (TPSA) is 59.6 Å². The number of cyclic esters (lactones) is 1. The number of hydrogen-bond acceptors (Lipinski definition) is 4. The molecule has 0 spiro atoms. The smallest absolute Gasteiger partial charge is 0.412 e. The van der Waals surface area contributed by atoms with Crippen LogP contribution >= 0.6 is 12.2 Å². The summed E-state index contributed by atoms with van der Waals surface area (Å²) >= 11 is 5.06. The van der Waals surface area contributed by atoms with Crippen molar-refractivity contribution in [3.63, 3.8) is 0 Å². The summed E-state index contributed by atoms with van der Waals surface area (Å²) in [5.41, 5.74) is 4.01. The number of nitrogens with one attached hydrogen (secondary N) is 2. The van der Waals surface area contributed by atoms with E-state index >= 15 is 0 Å². The fourth-order valence-electron chi connectivity index (χ4n) is 4.95. The van der Waals surface area contributed by atoms with Gasteiger partial charge >= 0.3 is 6.09 Å². The number of amides is 1. The molecule has 1 amide bonds. The predicted octanol–water partition coefficient (Wildman–Crippen LogP) is 9.02. The summed E-state index contributed by atoms with van der Waals surface area (Å²) in [6, 6.07) is 17.5. The molecule has 0 atom stereocenters. The first-order valence-corrected chi connectivity index (χ1v) is 13.3. The van der Waals surface area contributed by atoms with E-state index in [1.165, 1.54) is 24.3 Å². The van der Waals surface area contributed by atoms with Gasteiger partial charge in [-0.1, -0.05) is 12.1 Å². The van der Waals surface area contributed by atoms with Crippen molar-refractivity contribution >= 4 is 34.9 Å². The molecule has 2 aliphatic heterocycles. The van der Waals surface area contributed by atoms with Crippen LogP contribution < -0.4 is 10.6 Å². The van der Waals surface area contributed by atoms with E-state index < -0.39 is 40.6 Å². The molecule has 5 nitrogen and oxygen atoms in total. The van der Waals surface area contributed by atoms with E-state index in [4.69, 9.17) is 21.7 Å². The Morgan fingerprint density at radius 2 is 0.976 bits per heavy atom. The maximum Gasteiger partial charge on any atom is 0.412 e. The molecule has 0 fully saturated rings. The fraction of sp³-hybridized carbons (Fsp3) is 0.188. The van der Waals surface area contributed by atoms with E-state index in [9.17, 15) is 22.4 Å². The van der Waals surface area contributed by atoms with Gasteiger partial charge in [-0.25, -0.2) is 22.4 Å². The van der Waals surface area contributed by atoms with Crippen molar-refractivity contribution in [2.45, 2.75) is 38.9 Å². The van der Waals surface area contributed by atoms with Crippen LogP contribution in [0.5, 0.6) is 0 Å². The first-order chi connectivity index (χ1) is 19.7. The first kappa shape index (κ1) is 29.1. The molecule has 0 bridgehead atoms. The van der Waals surface area contributed by atoms with Crippen molar-refractivity contribution in [3.05, 3.63) is 107 Å². The van der Waals surface area contributed by atoms with E-state index in [-0.39, 0.29) is 0 Å². The highest BCUT2D eigenvalue weighted by Crippen LogP contribution is 2.39. The van der Waals surface area contributed by atoms with Gasteiger partial charge in [0.25, 0.3) is 5.17 Å². The Morgan fingerprint density at radius 3 is 1.43 bits per heavy atom. The third-order valence-corrected chi connectivity index (χ3v) is 7.08. The largest absolute Gasteiger partial charge is 0.460 e. The van der Waals surface area contributed by atoms with Gasteiger partial charge in [0, 0.05) is 28.9 Å². The van der Waals surface area contributed by atoms with Gasteiger partial charge < -0.3 is 14.8 Å². The summed E-state index contributed by atoms with van der Waals surface area (Å²) in [7, 11) is 0. The summed E-state index contributed by atoms with van der Waals surface area (Å²) in [5, 5.41) is 5.90. The minimum absolute atomic E-state index is 0.317. The second kappa shape index (κ2) is 10.8. The van der Waals surface area contributed by atoms with E-state index in [0.717, 1.165) is 34.5 Å². The van der Waals surface area contributed by atoms with E-state index in [1.807, 2.05) is 26.0 Å². The Labute approximate surface area is 245 Å². The predicted molar refractivity (Wildman–Crippen MR) is 157 cm³/mol. The summed E-state index contributed by atoms with van der Waals surface area (Å²) in [6.07, 6.45) is -0.517. The average molecular weight is 595 g/mol. The highest BCUT2D eigenvalue weighted by atomic mass is 32.1. The number of hydrogen-bond donors (Lipinski definition) is 2. The van der Waals surface area contributed by atoms with Crippen molar-refractivity contribution < 1.29 is 31.8 Å². The molecule has 2 heterocycles. The van der Waals surface area contributed by atoms with Crippen molar-refractivity contribution in [2.24, 2.45) is 0 Å². The van der Waals surface area contributed by atoms with Crippen LogP contribution in [0.2, 0.25) is 0 Å². The molecule has 2 N–H and O–H groups in total. The zero-order valence-electron chi connectivity index (χ0n) is 23.1. The maximum atomic E-state index is 13.4. The van der Waals surface area contributed by atoms with Gasteiger partial charge in [-0.15, -0.1) is 0 Å². The summed E-state index contributed by atoms with van der Waals surface area (Å²) in [5.74, 6) is -2.46. The second-order valence-corrected chi connectivity index (χ2v) is 11.3. The summed E-state index contributed by atoms with van der Waals surface area (Å²) in [6.45, 7) is 7.32. The first-order valence-electron chi connectivity index (χ1n) is 12.9. The number of rotatable bonds is 2. The zero-order valence-corrected chi connectivity index (χ0v) is 23.9. The van der Waals surface area contributed by atoms with Gasteiger partial charge in [-0.05, 0) is 111 Å². The minimum atomic E-state index is -0.806. The lowest BCUT2D eigenvalue weighted by Crippen LogP contribution is -2.34. The number of ether oxygens (including phenoxy) is 2. The molecule has 42 heavy (non-hydrogen) atoms. The molecule has 216 valence electrons. The lowest BCUT2D eigenvalue weighted by atomic mass is 9.91. The number of benzene rings is 4. The van der Waals surface area contributed by atoms with E-state index in [2.05, 4.69) is 10.6 Å². The number of carbonyl (C=O) groups is 1. The van der Waals surface area contributed by atoms with Crippen molar-refractivity contribution in [3.8, 4) is 22.3 Å². The monoisotopic (exact) mass is 594 g/mol. The Balaban J connectivity index is 0.000000168. The fourth-order valence-corrected chi connectivity index (χ4v) is 5.27. The normalized spacial score (nSPS) is 15.9. The number of halogens is 4. The van der Waals surface area contributed by atoms with Crippen LogP contribution in [0.4, 0.5) is 33.7 Å². The molecule has 0 aromatic heterocycles. The minimum Gasteiger partial charge on any atom is -0.460 e. The van der Waals surface area contributed by atoms with Gasteiger partial charge in [0.15, 0.2) is 0 Å². The van der Waals surface area contributed by atoms with Crippen LogP contribution in [0.1, 0.15) is 38.8 Å². The van der Waals surface area contributed by atoms with Gasteiger partial charge in [0.05, 0.1) is 5.69 Å². The van der Waals surface area contributed by atoms with Crippen LogP contribution in [0.25, 0.3) is 22.3 Å². The Bertz CT molecular complexity index is 1570. The SMILES string of the molecule is CC1(C)OC(=O)Nc2ccc(-c3cc(F)cc(F)c3)cc21.CC1(C)OC(=S)Nc2ccc(-c3cc(F)cc(F)c3)cc21. The van der Waals surface area contributed by atoms with E-state index in [0.29, 0.717) is 27.6 Å². The van der Waals surface area contributed by atoms with Crippen LogP contribution in [0, 0.1) is 23.3 Å². The van der Waals surface area contributed by atoms with Gasteiger partial charge in [-0.2, -0.15) is 0 Å². The molecule has 0 aliphatic carbocycles. The summed E-state index contributed by atoms with van der Waals surface area (Å²) < 4.78 is 64.2. The standard InChI is InChI=1S/C16H13F2NO2.C16H13F2NOS/c1-16(2)13-7-9(3-4-14(13)19-15(20)21-16)10-5-11(17)8-12(18)6-10;1-16(2)13-7-9(3-4-14(13)19-15(21)20-16)10-5-11(17)8-12(18)6-10/h3-8H,1-2H3,(H,19,20);3-8H,1-2H3,(H,19,21). The number of anilines is 2. The quantitative estimate of drug-likeness (QED) is 0.179. The Kier molecular flexibility index (Phi) is 7.44.